The summed E-state index contributed by atoms with van der Waals surface area (Å²) in [6, 6.07) is 3.58. The molecule has 148 valence electrons. The summed E-state index contributed by atoms with van der Waals surface area (Å²) >= 11 is 0. The van der Waals surface area contributed by atoms with Gasteiger partial charge in [-0.25, -0.2) is 9.78 Å². The molecule has 1 heterocycles. The van der Waals surface area contributed by atoms with Crippen molar-refractivity contribution in [1.29, 1.82) is 0 Å². The van der Waals surface area contributed by atoms with Gasteiger partial charge in [0.15, 0.2) is 11.6 Å². The lowest BCUT2D eigenvalue weighted by molar-refractivity contribution is -0.0503. The summed E-state index contributed by atoms with van der Waals surface area (Å²) in [6.45, 7) is 2.38. The minimum atomic E-state index is -0.366. The van der Waals surface area contributed by atoms with Gasteiger partial charge in [-0.1, -0.05) is 0 Å². The van der Waals surface area contributed by atoms with Gasteiger partial charge in [0, 0.05) is 25.8 Å². The number of carbonyl (C=O) groups is 1. The topological polar surface area (TPSA) is 66.5 Å². The Kier molecular flexibility index (Phi) is 5.26. The van der Waals surface area contributed by atoms with Gasteiger partial charge in [-0.05, 0) is 87.9 Å². The van der Waals surface area contributed by atoms with E-state index in [-0.39, 0.29) is 6.09 Å². The van der Waals surface area contributed by atoms with Crippen LogP contribution in [0.15, 0.2) is 18.3 Å². The highest BCUT2D eigenvalue weighted by molar-refractivity contribution is 5.72. The van der Waals surface area contributed by atoms with Gasteiger partial charge in [0.05, 0.1) is 0 Å². The molecule has 0 aromatic carbocycles. The molecule has 4 aliphatic carbocycles. The largest absolute Gasteiger partial charge is 0.412 e. The highest BCUT2D eigenvalue weighted by atomic mass is 16.6. The molecule has 6 heteroatoms. The summed E-state index contributed by atoms with van der Waals surface area (Å²) < 4.78 is 5.58. The van der Waals surface area contributed by atoms with Crippen LogP contribution in [0.3, 0.4) is 0 Å². The van der Waals surface area contributed by atoms with Gasteiger partial charge < -0.3 is 20.3 Å². The maximum Gasteiger partial charge on any atom is 0.412 e. The number of nitrogens with one attached hydrogen (secondary N) is 2. The number of nitrogens with zero attached hydrogens (tertiary/aromatic N) is 2. The Balaban J connectivity index is 1.31. The SMILES string of the molecule is CN(C)CCNc1ncccc1OC(=O)NCC12CC3CC(CC(C3)C1)C2. The number of carbonyl (C=O) groups excluding carboxylic acids is 1. The highest BCUT2D eigenvalue weighted by Crippen LogP contribution is 2.59. The third-order valence-corrected chi connectivity index (χ3v) is 6.60. The van der Waals surface area contributed by atoms with Crippen molar-refractivity contribution in [2.75, 3.05) is 39.0 Å². The van der Waals surface area contributed by atoms with Crippen molar-refractivity contribution in [1.82, 2.24) is 15.2 Å². The van der Waals surface area contributed by atoms with E-state index in [9.17, 15) is 4.79 Å². The van der Waals surface area contributed by atoms with Crippen LogP contribution in [0.2, 0.25) is 0 Å². The average molecular weight is 373 g/mol. The summed E-state index contributed by atoms with van der Waals surface area (Å²) in [6.07, 6.45) is 9.44. The molecule has 1 aromatic rings. The van der Waals surface area contributed by atoms with E-state index in [1.54, 1.807) is 18.3 Å². The van der Waals surface area contributed by atoms with Crippen LogP contribution < -0.4 is 15.4 Å². The first-order chi connectivity index (χ1) is 13.0. The molecule has 4 fully saturated rings. The number of anilines is 1. The molecule has 5 rings (SSSR count). The Labute approximate surface area is 162 Å². The zero-order valence-corrected chi connectivity index (χ0v) is 16.5. The van der Waals surface area contributed by atoms with E-state index in [0.717, 1.165) is 37.4 Å². The lowest BCUT2D eigenvalue weighted by Crippen LogP contribution is -2.51. The molecule has 2 N–H and O–H groups in total. The van der Waals surface area contributed by atoms with Gasteiger partial charge in [0.2, 0.25) is 0 Å². The smallest absolute Gasteiger partial charge is 0.406 e. The van der Waals surface area contributed by atoms with Crippen molar-refractivity contribution < 1.29 is 9.53 Å². The normalized spacial score (nSPS) is 31.1. The first-order valence-electron chi connectivity index (χ1n) is 10.3. The predicted octanol–water partition coefficient (Wildman–Crippen LogP) is 3.36. The van der Waals surface area contributed by atoms with Crippen LogP contribution in [-0.4, -0.2) is 49.7 Å². The van der Waals surface area contributed by atoms with Gasteiger partial charge >= 0.3 is 6.09 Å². The highest BCUT2D eigenvalue weighted by Gasteiger charge is 2.50. The maximum absolute atomic E-state index is 12.4. The minimum absolute atomic E-state index is 0.315. The monoisotopic (exact) mass is 372 g/mol. The molecule has 0 atom stereocenters. The van der Waals surface area contributed by atoms with Crippen LogP contribution in [0.1, 0.15) is 38.5 Å². The lowest BCUT2D eigenvalue weighted by Gasteiger charge is -2.56. The molecule has 0 unspecified atom stereocenters. The molecule has 4 bridgehead atoms. The summed E-state index contributed by atoms with van der Waals surface area (Å²) in [7, 11) is 4.05. The Morgan fingerprint density at radius 3 is 2.52 bits per heavy atom. The fourth-order valence-electron chi connectivity index (χ4n) is 5.91. The fourth-order valence-corrected chi connectivity index (χ4v) is 5.91. The van der Waals surface area contributed by atoms with Crippen molar-refractivity contribution in [3.05, 3.63) is 18.3 Å². The molecule has 4 saturated carbocycles. The second kappa shape index (κ2) is 7.66. The summed E-state index contributed by atoms with van der Waals surface area (Å²) in [5.41, 5.74) is 0.315. The number of rotatable bonds is 7. The molecular formula is C21H32N4O2. The summed E-state index contributed by atoms with van der Waals surface area (Å²) in [5, 5.41) is 6.31. The zero-order valence-electron chi connectivity index (χ0n) is 16.5. The molecule has 1 amide bonds. The number of likely N-dealkylation sites (N-methyl/N-ethyl adjacent to an activating group) is 1. The Hall–Kier alpha value is -1.82. The van der Waals surface area contributed by atoms with Crippen molar-refractivity contribution in [2.24, 2.45) is 23.2 Å². The molecule has 0 aliphatic heterocycles. The van der Waals surface area contributed by atoms with E-state index in [1.807, 2.05) is 14.1 Å². The van der Waals surface area contributed by atoms with Gasteiger partial charge in [0.25, 0.3) is 0 Å². The minimum Gasteiger partial charge on any atom is -0.406 e. The molecule has 0 spiro atoms. The van der Waals surface area contributed by atoms with E-state index >= 15 is 0 Å². The molecule has 0 saturated heterocycles. The lowest BCUT2D eigenvalue weighted by atomic mass is 9.49. The van der Waals surface area contributed by atoms with Crippen LogP contribution in [0.25, 0.3) is 0 Å². The zero-order chi connectivity index (χ0) is 18.9. The third-order valence-electron chi connectivity index (χ3n) is 6.60. The van der Waals surface area contributed by atoms with Crippen molar-refractivity contribution in [2.45, 2.75) is 38.5 Å². The standard InChI is InChI=1S/C21H32N4O2/c1-25(2)7-6-23-19-18(4-3-5-22-19)27-20(26)24-14-21-11-15-8-16(12-21)10-17(9-15)13-21/h3-5,15-17H,6-14H2,1-2H3,(H,22,23)(H,24,26). The van der Waals surface area contributed by atoms with Crippen LogP contribution in [0, 0.1) is 23.2 Å². The number of pyridine rings is 1. The Bertz CT molecular complexity index is 641. The van der Waals surface area contributed by atoms with Crippen LogP contribution >= 0.6 is 0 Å². The van der Waals surface area contributed by atoms with Gasteiger partial charge in [-0.2, -0.15) is 0 Å². The molecule has 4 aliphatic rings. The third kappa shape index (κ3) is 4.37. The van der Waals surface area contributed by atoms with Crippen molar-refractivity contribution >= 4 is 11.9 Å². The molecule has 6 nitrogen and oxygen atoms in total. The van der Waals surface area contributed by atoms with Crippen LogP contribution in [0.5, 0.6) is 5.75 Å². The summed E-state index contributed by atoms with van der Waals surface area (Å²) in [5.74, 6) is 3.77. The van der Waals surface area contributed by atoms with Crippen molar-refractivity contribution in [3.8, 4) is 5.75 Å². The van der Waals surface area contributed by atoms with Crippen LogP contribution in [0.4, 0.5) is 10.6 Å². The number of aromatic nitrogens is 1. The number of ether oxygens (including phenoxy) is 1. The predicted molar refractivity (Wildman–Crippen MR) is 106 cm³/mol. The molecular weight excluding hydrogens is 340 g/mol. The Morgan fingerprint density at radius 2 is 1.89 bits per heavy atom. The average Bonchev–Trinajstić information content (AvgIpc) is 2.60. The maximum atomic E-state index is 12.4. The fraction of sp³-hybridized carbons (Fsp3) is 0.714. The Morgan fingerprint density at radius 1 is 1.22 bits per heavy atom. The first-order valence-corrected chi connectivity index (χ1v) is 10.3. The van der Waals surface area contributed by atoms with E-state index in [2.05, 4.69) is 20.5 Å². The van der Waals surface area contributed by atoms with Crippen LogP contribution in [-0.2, 0) is 0 Å². The van der Waals surface area contributed by atoms with E-state index < -0.39 is 0 Å². The number of hydrogen-bond acceptors (Lipinski definition) is 5. The summed E-state index contributed by atoms with van der Waals surface area (Å²) in [4.78, 5) is 18.8. The number of amides is 1. The van der Waals surface area contributed by atoms with Crippen molar-refractivity contribution in [3.63, 3.8) is 0 Å². The molecule has 27 heavy (non-hydrogen) atoms. The van der Waals surface area contributed by atoms with Gasteiger partial charge in [-0.15, -0.1) is 0 Å². The first kappa shape index (κ1) is 18.5. The molecule has 1 aromatic heterocycles. The second-order valence-corrected chi connectivity index (χ2v) is 9.24. The quantitative estimate of drug-likeness (QED) is 0.768. The van der Waals surface area contributed by atoms with E-state index in [1.165, 1.54) is 38.5 Å². The van der Waals surface area contributed by atoms with E-state index in [0.29, 0.717) is 17.0 Å². The second-order valence-electron chi connectivity index (χ2n) is 9.24. The molecule has 0 radical (unpaired) electrons. The van der Waals surface area contributed by atoms with Gasteiger partial charge in [0.1, 0.15) is 0 Å². The van der Waals surface area contributed by atoms with Gasteiger partial charge in [-0.3, -0.25) is 0 Å². The van der Waals surface area contributed by atoms with E-state index in [4.69, 9.17) is 4.74 Å². The number of hydrogen-bond donors (Lipinski definition) is 2.